The van der Waals surface area contributed by atoms with Gasteiger partial charge in [-0.15, -0.1) is 0 Å². The molecule has 0 spiro atoms. The zero-order valence-corrected chi connectivity index (χ0v) is 9.82. The smallest absolute Gasteiger partial charge is 0.262 e. The van der Waals surface area contributed by atoms with Crippen molar-refractivity contribution in [2.75, 3.05) is 13.2 Å². The van der Waals surface area contributed by atoms with E-state index in [9.17, 15) is 4.79 Å². The number of hydrogen-bond donors (Lipinski definition) is 1. The topological polar surface area (TPSA) is 64.2 Å². The van der Waals surface area contributed by atoms with Crippen molar-refractivity contribution in [3.63, 3.8) is 0 Å². The molecule has 0 atom stereocenters. The van der Waals surface area contributed by atoms with Gasteiger partial charge in [-0.1, -0.05) is 0 Å². The first-order valence-corrected chi connectivity index (χ1v) is 5.54. The molecule has 0 aliphatic carbocycles. The molecule has 0 saturated carbocycles. The number of aromatic nitrogens is 2. The molecule has 5 heteroatoms. The molecule has 1 aromatic heterocycles. The maximum Gasteiger partial charge on any atom is 0.262 e. The summed E-state index contributed by atoms with van der Waals surface area (Å²) < 4.78 is 10.9. The predicted molar refractivity (Wildman–Crippen MR) is 64.7 cm³/mol. The molecule has 0 unspecified atom stereocenters. The summed E-state index contributed by atoms with van der Waals surface area (Å²) in [5.41, 5.74) is 0.307. The molecule has 1 N–H and O–H groups in total. The summed E-state index contributed by atoms with van der Waals surface area (Å²) in [4.78, 5) is 18.5. The van der Waals surface area contributed by atoms with Gasteiger partial charge in [0.25, 0.3) is 5.56 Å². The second kappa shape index (κ2) is 4.86. The van der Waals surface area contributed by atoms with E-state index >= 15 is 0 Å². The second-order valence-electron chi connectivity index (χ2n) is 3.38. The van der Waals surface area contributed by atoms with Crippen molar-refractivity contribution in [1.82, 2.24) is 9.97 Å². The standard InChI is InChI=1S/C12H14N2O3/c1-3-16-8-5-6-9(17-4-2)11-10(8)12(15)14-7-13-11/h5-7H,3-4H2,1-2H3,(H,13,14,15). The zero-order chi connectivity index (χ0) is 12.3. The van der Waals surface area contributed by atoms with Crippen molar-refractivity contribution in [2.45, 2.75) is 13.8 Å². The van der Waals surface area contributed by atoms with Crippen LogP contribution in [0.1, 0.15) is 13.8 Å². The molecular formula is C12H14N2O3. The number of benzene rings is 1. The van der Waals surface area contributed by atoms with E-state index in [-0.39, 0.29) is 5.56 Å². The highest BCUT2D eigenvalue weighted by atomic mass is 16.5. The van der Waals surface area contributed by atoms with Gasteiger partial charge < -0.3 is 14.5 Å². The number of H-pyrrole nitrogens is 1. The van der Waals surface area contributed by atoms with Crippen molar-refractivity contribution in [3.8, 4) is 11.5 Å². The Morgan fingerprint density at radius 1 is 1.18 bits per heavy atom. The lowest BCUT2D eigenvalue weighted by atomic mass is 10.2. The Balaban J connectivity index is 2.72. The van der Waals surface area contributed by atoms with Gasteiger partial charge >= 0.3 is 0 Å². The van der Waals surface area contributed by atoms with Gasteiger partial charge in [-0.05, 0) is 26.0 Å². The maximum atomic E-state index is 11.8. The molecule has 0 bridgehead atoms. The Bertz CT molecular complexity index is 577. The van der Waals surface area contributed by atoms with Crippen LogP contribution in [0.5, 0.6) is 11.5 Å². The van der Waals surface area contributed by atoms with Crippen LogP contribution in [-0.2, 0) is 0 Å². The third-order valence-electron chi connectivity index (χ3n) is 2.32. The van der Waals surface area contributed by atoms with Crippen molar-refractivity contribution in [1.29, 1.82) is 0 Å². The van der Waals surface area contributed by atoms with Gasteiger partial charge in [-0.2, -0.15) is 0 Å². The van der Waals surface area contributed by atoms with E-state index in [1.807, 2.05) is 13.8 Å². The molecule has 0 saturated heterocycles. The molecule has 90 valence electrons. The molecule has 0 aliphatic rings. The van der Waals surface area contributed by atoms with Crippen LogP contribution in [0.15, 0.2) is 23.3 Å². The second-order valence-corrected chi connectivity index (χ2v) is 3.38. The third kappa shape index (κ3) is 2.08. The van der Waals surface area contributed by atoms with Crippen LogP contribution in [0.2, 0.25) is 0 Å². The van der Waals surface area contributed by atoms with Crippen LogP contribution in [0.25, 0.3) is 10.9 Å². The first kappa shape index (κ1) is 11.4. The van der Waals surface area contributed by atoms with E-state index in [4.69, 9.17) is 9.47 Å². The molecule has 0 amide bonds. The molecule has 0 radical (unpaired) electrons. The third-order valence-corrected chi connectivity index (χ3v) is 2.32. The van der Waals surface area contributed by atoms with Crippen molar-refractivity contribution in [2.24, 2.45) is 0 Å². The number of rotatable bonds is 4. The fourth-order valence-corrected chi connectivity index (χ4v) is 1.68. The molecule has 17 heavy (non-hydrogen) atoms. The number of hydrogen-bond acceptors (Lipinski definition) is 4. The largest absolute Gasteiger partial charge is 0.493 e. The Morgan fingerprint density at radius 2 is 1.82 bits per heavy atom. The SMILES string of the molecule is CCOc1ccc(OCC)c2c(=O)[nH]cnc12. The summed E-state index contributed by atoms with van der Waals surface area (Å²) in [5.74, 6) is 1.12. The van der Waals surface area contributed by atoms with Gasteiger partial charge in [0, 0.05) is 0 Å². The van der Waals surface area contributed by atoms with E-state index in [0.717, 1.165) is 0 Å². The molecule has 1 heterocycles. The van der Waals surface area contributed by atoms with Gasteiger partial charge in [0.05, 0.1) is 19.5 Å². The van der Waals surface area contributed by atoms with Crippen LogP contribution in [-0.4, -0.2) is 23.2 Å². The van der Waals surface area contributed by atoms with E-state index in [2.05, 4.69) is 9.97 Å². The van der Waals surface area contributed by atoms with E-state index < -0.39 is 0 Å². The Hall–Kier alpha value is -2.04. The molecule has 0 fully saturated rings. The molecule has 2 rings (SSSR count). The van der Waals surface area contributed by atoms with E-state index in [1.165, 1.54) is 6.33 Å². The summed E-state index contributed by atoms with van der Waals surface area (Å²) in [6, 6.07) is 3.50. The quantitative estimate of drug-likeness (QED) is 0.874. The average molecular weight is 234 g/mol. The summed E-state index contributed by atoms with van der Waals surface area (Å²) >= 11 is 0. The van der Waals surface area contributed by atoms with Crippen LogP contribution in [0.3, 0.4) is 0 Å². The lowest BCUT2D eigenvalue weighted by Gasteiger charge is -2.10. The first-order valence-electron chi connectivity index (χ1n) is 5.54. The predicted octanol–water partition coefficient (Wildman–Crippen LogP) is 1.72. The van der Waals surface area contributed by atoms with Crippen LogP contribution < -0.4 is 15.0 Å². The van der Waals surface area contributed by atoms with Crippen LogP contribution in [0, 0.1) is 0 Å². The van der Waals surface area contributed by atoms with Crippen molar-refractivity contribution >= 4 is 10.9 Å². The molecular weight excluding hydrogens is 220 g/mol. The summed E-state index contributed by atoms with van der Waals surface area (Å²) in [6.45, 7) is 4.78. The van der Waals surface area contributed by atoms with Gasteiger partial charge in [-0.25, -0.2) is 4.98 Å². The Kier molecular flexibility index (Phi) is 3.27. The fraction of sp³-hybridized carbons (Fsp3) is 0.333. The van der Waals surface area contributed by atoms with Gasteiger partial charge in [0.2, 0.25) is 0 Å². The number of fused-ring (bicyclic) bond motifs is 1. The number of aromatic amines is 1. The normalized spacial score (nSPS) is 10.5. The first-order chi connectivity index (χ1) is 8.27. The Labute approximate surface area is 98.4 Å². The minimum Gasteiger partial charge on any atom is -0.493 e. The summed E-state index contributed by atoms with van der Waals surface area (Å²) in [5, 5.41) is 0.431. The van der Waals surface area contributed by atoms with Gasteiger partial charge in [-0.3, -0.25) is 4.79 Å². The Morgan fingerprint density at radius 3 is 2.53 bits per heavy atom. The summed E-state index contributed by atoms with van der Waals surface area (Å²) in [6.07, 6.45) is 1.36. The number of nitrogens with zero attached hydrogens (tertiary/aromatic N) is 1. The van der Waals surface area contributed by atoms with Crippen molar-refractivity contribution in [3.05, 3.63) is 28.8 Å². The van der Waals surface area contributed by atoms with Crippen molar-refractivity contribution < 1.29 is 9.47 Å². The van der Waals surface area contributed by atoms with Crippen LogP contribution >= 0.6 is 0 Å². The minimum atomic E-state index is -0.222. The van der Waals surface area contributed by atoms with Gasteiger partial charge in [0.1, 0.15) is 22.4 Å². The highest BCUT2D eigenvalue weighted by molar-refractivity contribution is 5.89. The van der Waals surface area contributed by atoms with E-state index in [0.29, 0.717) is 35.6 Å². The highest BCUT2D eigenvalue weighted by Crippen LogP contribution is 2.28. The highest BCUT2D eigenvalue weighted by Gasteiger charge is 2.11. The monoisotopic (exact) mass is 234 g/mol. The molecule has 2 aromatic rings. The fourth-order valence-electron chi connectivity index (χ4n) is 1.68. The zero-order valence-electron chi connectivity index (χ0n) is 9.82. The van der Waals surface area contributed by atoms with E-state index in [1.54, 1.807) is 12.1 Å². The lowest BCUT2D eigenvalue weighted by molar-refractivity contribution is 0.336. The summed E-state index contributed by atoms with van der Waals surface area (Å²) in [7, 11) is 0. The average Bonchev–Trinajstić information content (AvgIpc) is 2.33. The minimum absolute atomic E-state index is 0.222. The number of ether oxygens (including phenoxy) is 2. The van der Waals surface area contributed by atoms with Crippen LogP contribution in [0.4, 0.5) is 0 Å². The maximum absolute atomic E-state index is 11.8. The molecule has 1 aromatic carbocycles. The van der Waals surface area contributed by atoms with Gasteiger partial charge in [0.15, 0.2) is 0 Å². The number of nitrogens with one attached hydrogen (secondary N) is 1. The molecule has 0 aliphatic heterocycles. The molecule has 5 nitrogen and oxygen atoms in total. The lowest BCUT2D eigenvalue weighted by Crippen LogP contribution is -2.09.